The van der Waals surface area contributed by atoms with Crippen molar-refractivity contribution in [3.8, 4) is 11.4 Å². The van der Waals surface area contributed by atoms with Gasteiger partial charge in [-0.25, -0.2) is 0 Å². The van der Waals surface area contributed by atoms with Gasteiger partial charge >= 0.3 is 0 Å². The highest BCUT2D eigenvalue weighted by atomic mass is 35.5. The number of nitrogens with two attached hydrogens (primary N) is 1. The SMILES string of the molecule is CC(C)(C)[Si](OCCOc1cccn(-c2ccc(N)cc2Cl)c1=O)(c1ccccc1)c1ccccc1. The zero-order chi connectivity index (χ0) is 25.8. The highest BCUT2D eigenvalue weighted by molar-refractivity contribution is 6.99. The predicted octanol–water partition coefficient (Wildman–Crippen LogP) is 5.03. The fraction of sp³-hybridized carbons (Fsp3) is 0.207. The van der Waals surface area contributed by atoms with Crippen LogP contribution in [0, 0.1) is 0 Å². The molecule has 1 heterocycles. The summed E-state index contributed by atoms with van der Waals surface area (Å²) in [5.41, 5.74) is 6.58. The van der Waals surface area contributed by atoms with Crippen LogP contribution in [-0.4, -0.2) is 26.1 Å². The molecule has 1 aromatic heterocycles. The molecule has 0 amide bonds. The van der Waals surface area contributed by atoms with Crippen molar-refractivity contribution >= 4 is 36.0 Å². The van der Waals surface area contributed by atoms with E-state index in [0.717, 1.165) is 0 Å². The molecule has 0 fully saturated rings. The Labute approximate surface area is 218 Å². The molecule has 7 heteroatoms. The Hall–Kier alpha value is -3.32. The van der Waals surface area contributed by atoms with E-state index in [1.807, 2.05) is 12.1 Å². The number of benzene rings is 3. The zero-order valence-electron chi connectivity index (χ0n) is 20.8. The molecule has 0 unspecified atom stereocenters. The minimum absolute atomic E-state index is 0.138. The fourth-order valence-electron chi connectivity index (χ4n) is 4.60. The van der Waals surface area contributed by atoms with Crippen molar-refractivity contribution in [1.29, 1.82) is 0 Å². The first-order valence-corrected chi connectivity index (χ1v) is 14.2. The van der Waals surface area contributed by atoms with Crippen LogP contribution >= 0.6 is 11.6 Å². The van der Waals surface area contributed by atoms with Crippen LogP contribution in [0.1, 0.15) is 20.8 Å². The van der Waals surface area contributed by atoms with Crippen LogP contribution in [0.5, 0.6) is 5.75 Å². The maximum Gasteiger partial charge on any atom is 0.297 e. The molecule has 0 saturated carbocycles. The second-order valence-corrected chi connectivity index (χ2v) is 14.3. The van der Waals surface area contributed by atoms with Gasteiger partial charge in [-0.1, -0.05) is 93.0 Å². The first kappa shape index (κ1) is 25.8. The first-order chi connectivity index (χ1) is 17.2. The average Bonchev–Trinajstić information content (AvgIpc) is 2.86. The van der Waals surface area contributed by atoms with Crippen molar-refractivity contribution in [2.45, 2.75) is 25.8 Å². The number of aromatic nitrogens is 1. The summed E-state index contributed by atoms with van der Waals surface area (Å²) in [6.45, 7) is 7.26. The molecule has 0 radical (unpaired) electrons. The number of rotatable bonds is 8. The lowest BCUT2D eigenvalue weighted by molar-refractivity contribution is 0.206. The van der Waals surface area contributed by atoms with E-state index in [1.54, 1.807) is 36.5 Å². The van der Waals surface area contributed by atoms with Crippen LogP contribution in [0.15, 0.2) is 102 Å². The largest absolute Gasteiger partial charge is 0.485 e. The molecule has 0 atom stereocenters. The van der Waals surface area contributed by atoms with Gasteiger partial charge < -0.3 is 14.9 Å². The molecule has 3 aromatic carbocycles. The lowest BCUT2D eigenvalue weighted by Crippen LogP contribution is -2.66. The predicted molar refractivity (Wildman–Crippen MR) is 151 cm³/mol. The fourth-order valence-corrected chi connectivity index (χ4v) is 9.43. The molecule has 0 bridgehead atoms. The Kier molecular flexibility index (Phi) is 7.69. The molecule has 0 aliphatic rings. The number of pyridine rings is 1. The van der Waals surface area contributed by atoms with Gasteiger partial charge in [0.2, 0.25) is 0 Å². The summed E-state index contributed by atoms with van der Waals surface area (Å²) in [6, 6.07) is 29.3. The van der Waals surface area contributed by atoms with Gasteiger partial charge in [-0.05, 0) is 45.7 Å². The van der Waals surface area contributed by atoms with Gasteiger partial charge in [0.15, 0.2) is 5.75 Å². The Morgan fingerprint density at radius 1 is 0.861 bits per heavy atom. The second-order valence-electron chi connectivity index (χ2n) is 9.62. The van der Waals surface area contributed by atoms with Gasteiger partial charge in [-0.15, -0.1) is 0 Å². The molecule has 0 aliphatic heterocycles. The van der Waals surface area contributed by atoms with Crippen molar-refractivity contribution < 1.29 is 9.16 Å². The molecule has 0 saturated heterocycles. The monoisotopic (exact) mass is 518 g/mol. The van der Waals surface area contributed by atoms with Crippen molar-refractivity contribution in [1.82, 2.24) is 4.57 Å². The Morgan fingerprint density at radius 3 is 2.03 bits per heavy atom. The molecular formula is C29H31ClN2O3Si. The van der Waals surface area contributed by atoms with Crippen LogP contribution < -0.4 is 26.4 Å². The summed E-state index contributed by atoms with van der Waals surface area (Å²) in [5, 5.41) is 2.65. The summed E-state index contributed by atoms with van der Waals surface area (Å²) in [4.78, 5) is 13.1. The number of anilines is 1. The number of hydrogen-bond donors (Lipinski definition) is 1. The maximum atomic E-state index is 13.1. The quantitative estimate of drug-likeness (QED) is 0.202. The second kappa shape index (κ2) is 10.7. The minimum Gasteiger partial charge on any atom is -0.485 e. The Balaban J connectivity index is 1.59. The third kappa shape index (κ3) is 5.12. The molecule has 36 heavy (non-hydrogen) atoms. The molecule has 0 spiro atoms. The molecule has 2 N–H and O–H groups in total. The van der Waals surface area contributed by atoms with E-state index < -0.39 is 8.32 Å². The number of nitrogens with zero attached hydrogens (tertiary/aromatic N) is 1. The Morgan fingerprint density at radius 2 is 1.47 bits per heavy atom. The van der Waals surface area contributed by atoms with E-state index in [9.17, 15) is 4.79 Å². The maximum absolute atomic E-state index is 13.1. The van der Waals surface area contributed by atoms with E-state index in [2.05, 4.69) is 69.3 Å². The number of ether oxygens (including phenoxy) is 1. The summed E-state index contributed by atoms with van der Waals surface area (Å²) < 4.78 is 14.2. The smallest absolute Gasteiger partial charge is 0.297 e. The minimum atomic E-state index is -2.67. The topological polar surface area (TPSA) is 66.5 Å². The highest BCUT2D eigenvalue weighted by Crippen LogP contribution is 2.36. The summed E-state index contributed by atoms with van der Waals surface area (Å²) in [6.07, 6.45) is 1.66. The van der Waals surface area contributed by atoms with E-state index in [-0.39, 0.29) is 23.0 Å². The lowest BCUT2D eigenvalue weighted by atomic mass is 10.2. The third-order valence-electron chi connectivity index (χ3n) is 6.22. The van der Waals surface area contributed by atoms with Crippen LogP contribution in [0.3, 0.4) is 0 Å². The molecular weight excluding hydrogens is 488 g/mol. The molecule has 4 aromatic rings. The Bertz CT molecular complexity index is 1330. The van der Waals surface area contributed by atoms with Gasteiger partial charge in [0.25, 0.3) is 13.9 Å². The van der Waals surface area contributed by atoms with Crippen LogP contribution in [0.25, 0.3) is 5.69 Å². The molecule has 4 rings (SSSR count). The number of nitrogen functional groups attached to an aromatic ring is 1. The van der Waals surface area contributed by atoms with E-state index in [1.165, 1.54) is 14.9 Å². The normalized spacial score (nSPS) is 11.9. The molecule has 0 aliphatic carbocycles. The van der Waals surface area contributed by atoms with E-state index >= 15 is 0 Å². The summed E-state index contributed by atoms with van der Waals surface area (Å²) >= 11 is 6.33. The van der Waals surface area contributed by atoms with Crippen molar-refractivity contribution in [3.05, 3.63) is 113 Å². The number of hydrogen-bond acceptors (Lipinski definition) is 4. The van der Waals surface area contributed by atoms with E-state index in [4.69, 9.17) is 26.5 Å². The molecule has 186 valence electrons. The third-order valence-corrected chi connectivity index (χ3v) is 11.6. The van der Waals surface area contributed by atoms with Crippen molar-refractivity contribution in [2.75, 3.05) is 18.9 Å². The van der Waals surface area contributed by atoms with E-state index in [0.29, 0.717) is 23.0 Å². The molecule has 5 nitrogen and oxygen atoms in total. The van der Waals surface area contributed by atoms with Gasteiger partial charge in [0.05, 0.1) is 17.3 Å². The van der Waals surface area contributed by atoms with Crippen LogP contribution in [-0.2, 0) is 4.43 Å². The van der Waals surface area contributed by atoms with Crippen molar-refractivity contribution in [3.63, 3.8) is 0 Å². The highest BCUT2D eigenvalue weighted by Gasteiger charge is 2.50. The summed E-state index contributed by atoms with van der Waals surface area (Å²) in [7, 11) is -2.67. The van der Waals surface area contributed by atoms with Crippen LogP contribution in [0.2, 0.25) is 10.1 Å². The van der Waals surface area contributed by atoms with Gasteiger partial charge in [-0.2, -0.15) is 0 Å². The van der Waals surface area contributed by atoms with Gasteiger partial charge in [0, 0.05) is 11.9 Å². The average molecular weight is 519 g/mol. The van der Waals surface area contributed by atoms with Crippen molar-refractivity contribution in [2.24, 2.45) is 0 Å². The number of halogens is 1. The van der Waals surface area contributed by atoms with Gasteiger partial charge in [0.1, 0.15) is 6.61 Å². The van der Waals surface area contributed by atoms with Gasteiger partial charge in [-0.3, -0.25) is 9.36 Å². The lowest BCUT2D eigenvalue weighted by Gasteiger charge is -2.43. The van der Waals surface area contributed by atoms with Crippen LogP contribution in [0.4, 0.5) is 5.69 Å². The summed E-state index contributed by atoms with van der Waals surface area (Å²) in [5.74, 6) is 0.233. The zero-order valence-corrected chi connectivity index (χ0v) is 22.5. The first-order valence-electron chi connectivity index (χ1n) is 11.9. The standard InChI is InChI=1S/C29H31ClN2O3Si/c1-29(2,3)36(23-11-6-4-7-12-23,24-13-8-5-9-14-24)35-20-19-34-27-15-10-18-32(28(27)33)26-17-16-22(31)21-25(26)30/h4-18,21H,19-20,31H2,1-3H3.